The van der Waals surface area contributed by atoms with Crippen LogP contribution in [0.3, 0.4) is 0 Å². The summed E-state index contributed by atoms with van der Waals surface area (Å²) in [5.41, 5.74) is -0.0955. The van der Waals surface area contributed by atoms with E-state index in [1.54, 1.807) is 37.3 Å². The molecule has 4 heteroatoms. The average Bonchev–Trinajstić information content (AvgIpc) is 2.39. The van der Waals surface area contributed by atoms with Gasteiger partial charge in [-0.3, -0.25) is 4.79 Å². The number of hydrogen-bond donors (Lipinski definition) is 1. The van der Waals surface area contributed by atoms with Gasteiger partial charge in [-0.25, -0.2) is 0 Å². The molecule has 0 aliphatic carbocycles. The van der Waals surface area contributed by atoms with Gasteiger partial charge in [-0.1, -0.05) is 30.3 Å². The molecule has 0 amide bonds. The van der Waals surface area contributed by atoms with Gasteiger partial charge in [0.15, 0.2) is 0 Å². The summed E-state index contributed by atoms with van der Waals surface area (Å²) >= 11 is 0. The molecule has 1 aromatic carbocycles. The van der Waals surface area contributed by atoms with Crippen molar-refractivity contribution in [1.29, 1.82) is 5.41 Å². The lowest BCUT2D eigenvalue weighted by Crippen LogP contribution is -2.22. The number of nitrogens with one attached hydrogen (secondary N) is 1. The van der Waals surface area contributed by atoms with Crippen molar-refractivity contribution >= 4 is 18.0 Å². The van der Waals surface area contributed by atoms with Crippen molar-refractivity contribution in [1.82, 2.24) is 0 Å². The van der Waals surface area contributed by atoms with Crippen molar-refractivity contribution in [3.05, 3.63) is 35.9 Å². The molecule has 0 aromatic heterocycles. The number of benzene rings is 1. The molecule has 1 aromatic rings. The molecule has 1 atom stereocenters. The third kappa shape index (κ3) is 3.83. The van der Waals surface area contributed by atoms with Crippen LogP contribution >= 0.6 is 0 Å². The fraction of sp³-hybridized carbons (Fsp3) is 0.308. The molecule has 1 N–H and O–H groups in total. The molecule has 0 spiro atoms. The SMILES string of the molecule is [2H]C([2H])(C(=N)c1ccccc1)C(C=O)C(=O)OCC. The van der Waals surface area contributed by atoms with Crippen molar-refractivity contribution in [2.45, 2.75) is 13.3 Å². The first-order chi connectivity index (χ1) is 8.95. The molecule has 0 heterocycles. The lowest BCUT2D eigenvalue weighted by molar-refractivity contribution is -0.148. The third-order valence-corrected chi connectivity index (χ3v) is 2.04. The Morgan fingerprint density at radius 1 is 1.53 bits per heavy atom. The van der Waals surface area contributed by atoms with Crippen molar-refractivity contribution in [2.24, 2.45) is 5.92 Å². The number of aldehydes is 1. The molecule has 4 nitrogen and oxygen atoms in total. The van der Waals surface area contributed by atoms with Gasteiger partial charge in [0, 0.05) is 14.8 Å². The first-order valence-electron chi connectivity index (χ1n) is 6.21. The second-order valence-corrected chi connectivity index (χ2v) is 3.25. The van der Waals surface area contributed by atoms with Gasteiger partial charge in [-0.05, 0) is 12.5 Å². The van der Waals surface area contributed by atoms with Crippen LogP contribution < -0.4 is 0 Å². The molecule has 1 rings (SSSR count). The smallest absolute Gasteiger partial charge is 0.316 e. The van der Waals surface area contributed by atoms with Gasteiger partial charge in [0.2, 0.25) is 0 Å². The minimum atomic E-state index is -2.41. The Bertz CT molecular complexity index is 474. The van der Waals surface area contributed by atoms with Gasteiger partial charge < -0.3 is 14.9 Å². The molecule has 1 unspecified atom stereocenters. The molecule has 0 saturated heterocycles. The Morgan fingerprint density at radius 2 is 2.18 bits per heavy atom. The van der Waals surface area contributed by atoms with Crippen molar-refractivity contribution in [3.63, 3.8) is 0 Å². The van der Waals surface area contributed by atoms with Crippen LogP contribution in [0.15, 0.2) is 30.3 Å². The van der Waals surface area contributed by atoms with Crippen molar-refractivity contribution in [2.75, 3.05) is 6.61 Å². The minimum absolute atomic E-state index is 0.0535. The summed E-state index contributed by atoms with van der Waals surface area (Å²) in [6.45, 7) is 1.62. The maximum absolute atomic E-state index is 11.6. The van der Waals surface area contributed by atoms with Gasteiger partial charge in [0.1, 0.15) is 12.2 Å². The van der Waals surface area contributed by atoms with Crippen LogP contribution in [-0.4, -0.2) is 24.6 Å². The van der Waals surface area contributed by atoms with Crippen LogP contribution in [0.2, 0.25) is 0 Å². The lowest BCUT2D eigenvalue weighted by Gasteiger charge is -2.10. The predicted molar refractivity (Wildman–Crippen MR) is 64.1 cm³/mol. The molecule has 0 bridgehead atoms. The Balaban J connectivity index is 3.04. The zero-order valence-electron chi connectivity index (χ0n) is 11.5. The average molecular weight is 235 g/mol. The Kier molecular flexibility index (Phi) is 3.95. The largest absolute Gasteiger partial charge is 0.465 e. The molecule has 17 heavy (non-hydrogen) atoms. The second-order valence-electron chi connectivity index (χ2n) is 3.25. The normalized spacial score (nSPS) is 14.2. The minimum Gasteiger partial charge on any atom is -0.465 e. The van der Waals surface area contributed by atoms with Crippen LogP contribution in [0.25, 0.3) is 0 Å². The molecule has 0 aliphatic rings. The maximum atomic E-state index is 11.6. The molecule has 0 radical (unpaired) electrons. The first kappa shape index (κ1) is 10.2. The van der Waals surface area contributed by atoms with E-state index in [4.69, 9.17) is 8.15 Å². The summed E-state index contributed by atoms with van der Waals surface area (Å²) in [6.07, 6.45) is -2.22. The van der Waals surface area contributed by atoms with Crippen molar-refractivity contribution < 1.29 is 17.1 Å². The van der Waals surface area contributed by atoms with Crippen LogP contribution in [0.1, 0.15) is 21.6 Å². The topological polar surface area (TPSA) is 67.2 Å². The number of ether oxygens (including phenoxy) is 1. The Hall–Kier alpha value is -1.97. The quantitative estimate of drug-likeness (QED) is 0.354. The highest BCUT2D eigenvalue weighted by Gasteiger charge is 2.21. The summed E-state index contributed by atoms with van der Waals surface area (Å²) in [5.74, 6) is -2.59. The van der Waals surface area contributed by atoms with Gasteiger partial charge in [0.25, 0.3) is 0 Å². The second kappa shape index (κ2) is 6.58. The van der Waals surface area contributed by atoms with Gasteiger partial charge in [-0.15, -0.1) is 0 Å². The van der Waals surface area contributed by atoms with Crippen LogP contribution in [0.4, 0.5) is 0 Å². The van der Waals surface area contributed by atoms with E-state index in [-0.39, 0.29) is 12.9 Å². The van der Waals surface area contributed by atoms with Crippen molar-refractivity contribution in [3.8, 4) is 0 Å². The number of hydrogen-bond acceptors (Lipinski definition) is 4. The molecule has 90 valence electrons. The summed E-state index contributed by atoms with van der Waals surface area (Å²) < 4.78 is 20.4. The zero-order chi connectivity index (χ0) is 14.5. The molecular weight excluding hydrogens is 218 g/mol. The van der Waals surface area contributed by atoms with E-state index in [1.165, 1.54) is 0 Å². The standard InChI is InChI=1S/C13H15NO3/c1-2-17-13(16)11(9-15)8-12(14)10-6-4-3-5-7-10/h3-7,9,11,14H,2,8H2,1H3/i8D2. The van der Waals surface area contributed by atoms with E-state index >= 15 is 0 Å². The fourth-order valence-corrected chi connectivity index (χ4v) is 1.22. The van der Waals surface area contributed by atoms with Gasteiger partial charge in [0.05, 0.1) is 6.61 Å². The third-order valence-electron chi connectivity index (χ3n) is 2.04. The van der Waals surface area contributed by atoms with Crippen LogP contribution in [0.5, 0.6) is 0 Å². The number of carbonyl (C=O) groups excluding carboxylic acids is 2. The van der Waals surface area contributed by atoms with E-state index < -0.39 is 24.0 Å². The fourth-order valence-electron chi connectivity index (χ4n) is 1.22. The highest BCUT2D eigenvalue weighted by molar-refractivity contribution is 6.03. The Morgan fingerprint density at radius 3 is 2.71 bits per heavy atom. The number of carbonyl (C=O) groups is 2. The van der Waals surface area contributed by atoms with E-state index in [2.05, 4.69) is 4.74 Å². The summed E-state index contributed by atoms with van der Waals surface area (Å²) in [7, 11) is 0. The molecule has 0 saturated carbocycles. The highest BCUT2D eigenvalue weighted by Crippen LogP contribution is 2.10. The number of esters is 1. The summed E-state index contributed by atoms with van der Waals surface area (Å²) in [5, 5.41) is 7.85. The predicted octanol–water partition coefficient (Wildman–Crippen LogP) is 1.82. The molecule has 0 aliphatic heterocycles. The monoisotopic (exact) mass is 235 g/mol. The summed E-state index contributed by atoms with van der Waals surface area (Å²) in [4.78, 5) is 22.5. The Labute approximate surface area is 103 Å². The molecular formula is C13H15NO3. The van der Waals surface area contributed by atoms with Crippen LogP contribution in [-0.2, 0) is 14.3 Å². The molecule has 0 fully saturated rings. The van der Waals surface area contributed by atoms with E-state index in [1.807, 2.05) is 0 Å². The maximum Gasteiger partial charge on any atom is 0.316 e. The van der Waals surface area contributed by atoms with Gasteiger partial charge in [-0.2, -0.15) is 0 Å². The van der Waals surface area contributed by atoms with E-state index in [0.29, 0.717) is 5.56 Å². The summed E-state index contributed by atoms with van der Waals surface area (Å²) in [6, 6.07) is 8.13. The highest BCUT2D eigenvalue weighted by atomic mass is 16.5. The van der Waals surface area contributed by atoms with E-state index in [0.717, 1.165) is 0 Å². The first-order valence-corrected chi connectivity index (χ1v) is 5.21. The van der Waals surface area contributed by atoms with Gasteiger partial charge >= 0.3 is 5.97 Å². The van der Waals surface area contributed by atoms with Crippen LogP contribution in [0, 0.1) is 11.3 Å². The van der Waals surface area contributed by atoms with E-state index in [9.17, 15) is 9.59 Å². The number of rotatable bonds is 6. The zero-order valence-corrected chi connectivity index (χ0v) is 9.47. The lowest BCUT2D eigenvalue weighted by atomic mass is 9.99.